The minimum atomic E-state index is 0.480. The summed E-state index contributed by atoms with van der Waals surface area (Å²) in [6, 6.07) is 12.9. The molecule has 1 atom stereocenters. The van der Waals surface area contributed by atoms with Crippen molar-refractivity contribution in [2.75, 3.05) is 23.3 Å². The zero-order chi connectivity index (χ0) is 13.9. The van der Waals surface area contributed by atoms with Gasteiger partial charge in [0.15, 0.2) is 0 Å². The number of rotatable bonds is 3. The molecular formula is C16H20N4. The number of para-hydroxylation sites is 1. The highest BCUT2D eigenvalue weighted by Gasteiger charge is 2.23. The van der Waals surface area contributed by atoms with E-state index in [2.05, 4.69) is 50.5 Å². The maximum Gasteiger partial charge on any atom is 0.132 e. The summed E-state index contributed by atoms with van der Waals surface area (Å²) < 4.78 is 0. The Morgan fingerprint density at radius 3 is 2.70 bits per heavy atom. The molecule has 104 valence electrons. The summed E-state index contributed by atoms with van der Waals surface area (Å²) in [5.74, 6) is 1.90. The molecule has 1 aromatic heterocycles. The molecule has 1 aliphatic heterocycles. The lowest BCUT2D eigenvalue weighted by Gasteiger charge is -2.19. The molecule has 0 unspecified atom stereocenters. The van der Waals surface area contributed by atoms with Crippen LogP contribution < -0.4 is 10.2 Å². The van der Waals surface area contributed by atoms with Crippen molar-refractivity contribution in [3.8, 4) is 0 Å². The fraction of sp³-hybridized carbons (Fsp3) is 0.375. The molecule has 0 amide bonds. The average Bonchev–Trinajstić information content (AvgIpc) is 2.87. The van der Waals surface area contributed by atoms with Crippen LogP contribution in [0.15, 0.2) is 36.4 Å². The van der Waals surface area contributed by atoms with Crippen LogP contribution in [0.1, 0.15) is 17.9 Å². The number of hydrogen-bond acceptors (Lipinski definition) is 4. The Morgan fingerprint density at radius 2 is 1.95 bits per heavy atom. The van der Waals surface area contributed by atoms with Crippen LogP contribution in [0.2, 0.25) is 0 Å². The summed E-state index contributed by atoms with van der Waals surface area (Å²) in [5.41, 5.74) is 2.22. The minimum absolute atomic E-state index is 0.480. The molecule has 0 bridgehead atoms. The van der Waals surface area contributed by atoms with Gasteiger partial charge in [0.1, 0.15) is 11.6 Å². The second-order valence-corrected chi connectivity index (χ2v) is 5.36. The summed E-state index contributed by atoms with van der Waals surface area (Å²) in [6.07, 6.45) is 1.14. The first-order chi connectivity index (χ1) is 9.70. The van der Waals surface area contributed by atoms with E-state index in [0.717, 1.165) is 36.8 Å². The van der Waals surface area contributed by atoms with Gasteiger partial charge < -0.3 is 10.2 Å². The topological polar surface area (TPSA) is 41.0 Å². The van der Waals surface area contributed by atoms with E-state index in [4.69, 9.17) is 0 Å². The van der Waals surface area contributed by atoms with Crippen LogP contribution in [0.4, 0.5) is 11.5 Å². The molecule has 0 radical (unpaired) electrons. The highest BCUT2D eigenvalue weighted by atomic mass is 15.2. The molecule has 20 heavy (non-hydrogen) atoms. The lowest BCUT2D eigenvalue weighted by molar-refractivity contribution is 0.805. The molecule has 1 saturated heterocycles. The summed E-state index contributed by atoms with van der Waals surface area (Å²) in [6.45, 7) is 6.01. The SMILES string of the molecule is Cc1cc(N2CC[C@H](Nc3ccccc3)C2)nc(C)n1. The van der Waals surface area contributed by atoms with Crippen molar-refractivity contribution in [3.05, 3.63) is 47.9 Å². The lowest BCUT2D eigenvalue weighted by atomic mass is 10.2. The van der Waals surface area contributed by atoms with E-state index < -0.39 is 0 Å². The van der Waals surface area contributed by atoms with Gasteiger partial charge in [0.2, 0.25) is 0 Å². The number of hydrogen-bond donors (Lipinski definition) is 1. The van der Waals surface area contributed by atoms with Crippen LogP contribution in [0, 0.1) is 13.8 Å². The van der Waals surface area contributed by atoms with Gasteiger partial charge >= 0.3 is 0 Å². The molecule has 4 nitrogen and oxygen atoms in total. The zero-order valence-corrected chi connectivity index (χ0v) is 12.0. The predicted octanol–water partition coefficient (Wildman–Crippen LogP) is 2.78. The molecule has 1 aromatic carbocycles. The fourth-order valence-electron chi connectivity index (χ4n) is 2.72. The quantitative estimate of drug-likeness (QED) is 0.929. The molecule has 0 saturated carbocycles. The first-order valence-corrected chi connectivity index (χ1v) is 7.09. The predicted molar refractivity (Wildman–Crippen MR) is 82.2 cm³/mol. The van der Waals surface area contributed by atoms with Gasteiger partial charge in [-0.15, -0.1) is 0 Å². The first kappa shape index (κ1) is 12.9. The summed E-state index contributed by atoms with van der Waals surface area (Å²) in [4.78, 5) is 11.2. The van der Waals surface area contributed by atoms with Gasteiger partial charge in [-0.05, 0) is 32.4 Å². The van der Waals surface area contributed by atoms with Crippen molar-refractivity contribution < 1.29 is 0 Å². The molecule has 0 aliphatic carbocycles. The highest BCUT2D eigenvalue weighted by Crippen LogP contribution is 2.21. The molecule has 1 fully saturated rings. The van der Waals surface area contributed by atoms with E-state index in [9.17, 15) is 0 Å². The molecule has 0 spiro atoms. The Kier molecular flexibility index (Phi) is 3.54. The molecule has 3 rings (SSSR count). The molecular weight excluding hydrogens is 248 g/mol. The zero-order valence-electron chi connectivity index (χ0n) is 12.0. The van der Waals surface area contributed by atoms with E-state index >= 15 is 0 Å². The monoisotopic (exact) mass is 268 g/mol. The van der Waals surface area contributed by atoms with Crippen molar-refractivity contribution in [2.24, 2.45) is 0 Å². The smallest absolute Gasteiger partial charge is 0.132 e. The Bertz CT molecular complexity index is 562. The van der Waals surface area contributed by atoms with E-state index in [0.29, 0.717) is 6.04 Å². The second-order valence-electron chi connectivity index (χ2n) is 5.36. The molecule has 1 aliphatic rings. The molecule has 2 aromatic rings. The number of aromatic nitrogens is 2. The summed E-state index contributed by atoms with van der Waals surface area (Å²) >= 11 is 0. The minimum Gasteiger partial charge on any atom is -0.380 e. The largest absolute Gasteiger partial charge is 0.380 e. The van der Waals surface area contributed by atoms with E-state index in [1.807, 2.05) is 19.9 Å². The third-order valence-electron chi connectivity index (χ3n) is 3.61. The standard InChI is InChI=1S/C16H20N4/c1-12-10-16(18-13(2)17-12)20-9-8-15(11-20)19-14-6-4-3-5-7-14/h3-7,10,15,19H,8-9,11H2,1-2H3/t15-/m0/s1. The molecule has 1 N–H and O–H groups in total. The van der Waals surface area contributed by atoms with Gasteiger partial charge in [0.05, 0.1) is 0 Å². The normalized spacial score (nSPS) is 18.3. The third-order valence-corrected chi connectivity index (χ3v) is 3.61. The van der Waals surface area contributed by atoms with Gasteiger partial charge in [-0.2, -0.15) is 0 Å². The molecule has 4 heteroatoms. The average molecular weight is 268 g/mol. The number of nitrogens with one attached hydrogen (secondary N) is 1. The van der Waals surface area contributed by atoms with Crippen molar-refractivity contribution in [3.63, 3.8) is 0 Å². The number of anilines is 2. The Morgan fingerprint density at radius 1 is 1.15 bits per heavy atom. The van der Waals surface area contributed by atoms with Gasteiger partial charge in [-0.25, -0.2) is 9.97 Å². The van der Waals surface area contributed by atoms with Gasteiger partial charge in [0, 0.05) is 36.6 Å². The van der Waals surface area contributed by atoms with E-state index in [1.54, 1.807) is 0 Å². The Labute approximate surface area is 119 Å². The Balaban J connectivity index is 1.67. The van der Waals surface area contributed by atoms with Crippen LogP contribution in [0.5, 0.6) is 0 Å². The van der Waals surface area contributed by atoms with Gasteiger partial charge in [0.25, 0.3) is 0 Å². The summed E-state index contributed by atoms with van der Waals surface area (Å²) in [7, 11) is 0. The highest BCUT2D eigenvalue weighted by molar-refractivity contribution is 5.47. The van der Waals surface area contributed by atoms with Crippen LogP contribution in [-0.4, -0.2) is 29.1 Å². The molecule has 2 heterocycles. The second kappa shape index (κ2) is 5.49. The van der Waals surface area contributed by atoms with E-state index in [-0.39, 0.29) is 0 Å². The van der Waals surface area contributed by atoms with Gasteiger partial charge in [-0.1, -0.05) is 18.2 Å². The van der Waals surface area contributed by atoms with Crippen molar-refractivity contribution >= 4 is 11.5 Å². The third kappa shape index (κ3) is 2.90. The maximum atomic E-state index is 4.54. The summed E-state index contributed by atoms with van der Waals surface area (Å²) in [5, 5.41) is 3.58. The van der Waals surface area contributed by atoms with E-state index in [1.165, 1.54) is 5.69 Å². The number of nitrogens with zero attached hydrogens (tertiary/aromatic N) is 3. The van der Waals surface area contributed by atoms with Gasteiger partial charge in [-0.3, -0.25) is 0 Å². The van der Waals surface area contributed by atoms with Crippen LogP contribution in [0.3, 0.4) is 0 Å². The number of aryl methyl sites for hydroxylation is 2. The number of benzene rings is 1. The van der Waals surface area contributed by atoms with Crippen LogP contribution in [0.25, 0.3) is 0 Å². The van der Waals surface area contributed by atoms with Crippen LogP contribution in [-0.2, 0) is 0 Å². The Hall–Kier alpha value is -2.10. The van der Waals surface area contributed by atoms with Crippen molar-refractivity contribution in [1.29, 1.82) is 0 Å². The maximum absolute atomic E-state index is 4.54. The first-order valence-electron chi connectivity index (χ1n) is 7.09. The van der Waals surface area contributed by atoms with Crippen molar-refractivity contribution in [1.82, 2.24) is 9.97 Å². The van der Waals surface area contributed by atoms with Crippen molar-refractivity contribution in [2.45, 2.75) is 26.3 Å². The fourth-order valence-corrected chi connectivity index (χ4v) is 2.72. The van der Waals surface area contributed by atoms with Crippen LogP contribution >= 0.6 is 0 Å². The lowest BCUT2D eigenvalue weighted by Crippen LogP contribution is -2.26.